The van der Waals surface area contributed by atoms with Crippen LogP contribution in [0.4, 0.5) is 0 Å². The van der Waals surface area contributed by atoms with Gasteiger partial charge in [-0.25, -0.2) is 0 Å². The highest BCUT2D eigenvalue weighted by Gasteiger charge is 2.46. The third-order valence-corrected chi connectivity index (χ3v) is 5.65. The number of nitrogens with two attached hydrogens (primary N) is 1. The molecule has 1 aliphatic heterocycles. The van der Waals surface area contributed by atoms with Crippen molar-refractivity contribution in [2.75, 3.05) is 14.2 Å². The van der Waals surface area contributed by atoms with Crippen LogP contribution in [0.25, 0.3) is 0 Å². The fraction of sp³-hybridized carbons (Fsp3) is 0.333. The van der Waals surface area contributed by atoms with Crippen LogP contribution in [-0.4, -0.2) is 47.9 Å². The maximum absolute atomic E-state index is 13.4. The summed E-state index contributed by atoms with van der Waals surface area (Å²) in [5.74, 6) is -3.15. The molecule has 3 rings (SSSR count). The Morgan fingerprint density at radius 1 is 1.00 bits per heavy atom. The van der Waals surface area contributed by atoms with E-state index in [1.807, 2.05) is 0 Å². The molecule has 174 valence electrons. The molecule has 0 unspecified atom stereocenters. The van der Waals surface area contributed by atoms with Crippen LogP contribution in [-0.2, 0) is 14.4 Å². The van der Waals surface area contributed by atoms with E-state index in [4.69, 9.17) is 15.2 Å². The van der Waals surface area contributed by atoms with Gasteiger partial charge in [-0.3, -0.25) is 24.1 Å². The van der Waals surface area contributed by atoms with E-state index in [0.29, 0.717) is 35.5 Å². The predicted octanol–water partition coefficient (Wildman–Crippen LogP) is 2.64. The summed E-state index contributed by atoms with van der Waals surface area (Å²) in [5, 5.41) is 10.2. The van der Waals surface area contributed by atoms with Crippen molar-refractivity contribution in [2.45, 2.75) is 37.6 Å². The van der Waals surface area contributed by atoms with Gasteiger partial charge in [0.1, 0.15) is 17.4 Å². The van der Waals surface area contributed by atoms with Crippen molar-refractivity contribution in [3.05, 3.63) is 59.2 Å². The maximum atomic E-state index is 13.4. The lowest BCUT2D eigenvalue weighted by Crippen LogP contribution is -2.48. The van der Waals surface area contributed by atoms with Gasteiger partial charge in [-0.15, -0.1) is 0 Å². The highest BCUT2D eigenvalue weighted by atomic mass is 16.5. The van der Waals surface area contributed by atoms with E-state index in [9.17, 15) is 24.3 Å². The highest BCUT2D eigenvalue weighted by Crippen LogP contribution is 2.45. The first-order valence-electron chi connectivity index (χ1n) is 10.5. The Morgan fingerprint density at radius 2 is 1.61 bits per heavy atom. The molecule has 33 heavy (non-hydrogen) atoms. The average molecular weight is 454 g/mol. The number of methoxy groups -OCH3 is 2. The lowest BCUT2D eigenvalue weighted by molar-refractivity contribution is -0.142. The first kappa shape index (κ1) is 23.8. The number of primary amides is 1. The number of hydrogen-bond acceptors (Lipinski definition) is 6. The molecule has 0 fully saturated rings. The minimum Gasteiger partial charge on any atom is -0.497 e. The first-order valence-corrected chi connectivity index (χ1v) is 10.5. The SMILES string of the molecule is COc1cc(OC)cc([C@@H]2[C@@H](C(=O)O)c3ccccc3C(=O)N2C(=O)CCCCC(N)=O)c1. The summed E-state index contributed by atoms with van der Waals surface area (Å²) < 4.78 is 10.6. The zero-order valence-corrected chi connectivity index (χ0v) is 18.4. The number of carboxylic acid groups (broad SMARTS) is 1. The average Bonchev–Trinajstić information content (AvgIpc) is 2.80. The lowest BCUT2D eigenvalue weighted by Gasteiger charge is -2.39. The summed E-state index contributed by atoms with van der Waals surface area (Å²) in [4.78, 5) is 51.2. The summed E-state index contributed by atoms with van der Waals surface area (Å²) in [6, 6.07) is 10.1. The Morgan fingerprint density at radius 3 is 2.18 bits per heavy atom. The number of aliphatic carboxylic acids is 1. The van der Waals surface area contributed by atoms with Gasteiger partial charge in [0.05, 0.1) is 20.3 Å². The molecule has 2 atom stereocenters. The van der Waals surface area contributed by atoms with Crippen molar-refractivity contribution in [3.8, 4) is 11.5 Å². The number of imide groups is 1. The zero-order valence-electron chi connectivity index (χ0n) is 18.4. The standard InChI is InChI=1S/C24H26N2O7/c1-32-15-11-14(12-16(13-15)33-2)22-21(24(30)31)17-7-3-4-8-18(17)23(29)26(22)20(28)10-6-5-9-19(25)27/h3-4,7-8,11-13,21-22H,5-6,9-10H2,1-2H3,(H2,25,27)(H,30,31)/t21-,22+/m0/s1. The normalized spacial score (nSPS) is 17.3. The van der Waals surface area contributed by atoms with Crippen LogP contribution >= 0.6 is 0 Å². The topological polar surface area (TPSA) is 136 Å². The number of carboxylic acids is 1. The van der Waals surface area contributed by atoms with Crippen LogP contribution < -0.4 is 15.2 Å². The number of ether oxygens (including phenoxy) is 2. The molecule has 1 heterocycles. The van der Waals surface area contributed by atoms with E-state index in [2.05, 4.69) is 0 Å². The molecule has 2 aromatic rings. The summed E-state index contributed by atoms with van der Waals surface area (Å²) >= 11 is 0. The third kappa shape index (κ3) is 4.97. The number of nitrogens with zero attached hydrogens (tertiary/aromatic N) is 1. The van der Waals surface area contributed by atoms with Crippen molar-refractivity contribution in [1.82, 2.24) is 4.90 Å². The summed E-state index contributed by atoms with van der Waals surface area (Å²) in [5.41, 5.74) is 6.05. The third-order valence-electron chi connectivity index (χ3n) is 5.65. The monoisotopic (exact) mass is 454 g/mol. The second-order valence-corrected chi connectivity index (χ2v) is 7.74. The molecular weight excluding hydrogens is 428 g/mol. The highest BCUT2D eigenvalue weighted by molar-refractivity contribution is 6.08. The minimum absolute atomic E-state index is 0.0366. The summed E-state index contributed by atoms with van der Waals surface area (Å²) in [7, 11) is 2.91. The number of benzene rings is 2. The molecule has 9 heteroatoms. The van der Waals surface area contributed by atoms with Crippen LogP contribution in [0.15, 0.2) is 42.5 Å². The smallest absolute Gasteiger partial charge is 0.313 e. The lowest BCUT2D eigenvalue weighted by atomic mass is 9.79. The van der Waals surface area contributed by atoms with Crippen LogP contribution in [0, 0.1) is 0 Å². The molecule has 0 bridgehead atoms. The van der Waals surface area contributed by atoms with Gasteiger partial charge in [-0.2, -0.15) is 0 Å². The van der Waals surface area contributed by atoms with Gasteiger partial charge in [0.15, 0.2) is 0 Å². The number of hydrogen-bond donors (Lipinski definition) is 2. The van der Waals surface area contributed by atoms with Crippen LogP contribution in [0.2, 0.25) is 0 Å². The fourth-order valence-corrected chi connectivity index (χ4v) is 4.11. The Labute approximate surface area is 191 Å². The number of carbonyl (C=O) groups excluding carboxylic acids is 3. The van der Waals surface area contributed by atoms with Gasteiger partial charge < -0.3 is 20.3 Å². The Hall–Kier alpha value is -3.88. The number of rotatable bonds is 9. The minimum atomic E-state index is -1.19. The first-order chi connectivity index (χ1) is 15.8. The Kier molecular flexibility index (Phi) is 7.32. The molecule has 1 aliphatic rings. The molecule has 3 N–H and O–H groups in total. The predicted molar refractivity (Wildman–Crippen MR) is 118 cm³/mol. The van der Waals surface area contributed by atoms with Gasteiger partial charge in [-0.1, -0.05) is 18.2 Å². The number of amides is 3. The molecule has 0 spiro atoms. The van der Waals surface area contributed by atoms with Crippen molar-refractivity contribution in [1.29, 1.82) is 0 Å². The van der Waals surface area contributed by atoms with E-state index >= 15 is 0 Å². The number of unbranched alkanes of at least 4 members (excludes halogenated alkanes) is 1. The quantitative estimate of drug-likeness (QED) is 0.556. The molecule has 9 nitrogen and oxygen atoms in total. The van der Waals surface area contributed by atoms with Crippen LogP contribution in [0.5, 0.6) is 11.5 Å². The Bertz CT molecular complexity index is 1060. The van der Waals surface area contributed by atoms with Crippen molar-refractivity contribution < 1.29 is 33.8 Å². The maximum Gasteiger partial charge on any atom is 0.313 e. The molecule has 0 saturated carbocycles. The van der Waals surface area contributed by atoms with Crippen molar-refractivity contribution in [3.63, 3.8) is 0 Å². The number of carbonyl (C=O) groups is 4. The van der Waals surface area contributed by atoms with E-state index in [0.717, 1.165) is 4.90 Å². The number of fused-ring (bicyclic) bond motifs is 1. The zero-order chi connectivity index (χ0) is 24.1. The van der Waals surface area contributed by atoms with Gasteiger partial charge in [0, 0.05) is 24.5 Å². The molecule has 0 radical (unpaired) electrons. The van der Waals surface area contributed by atoms with Crippen molar-refractivity contribution in [2.24, 2.45) is 5.73 Å². The Balaban J connectivity index is 2.11. The summed E-state index contributed by atoms with van der Waals surface area (Å²) in [6.45, 7) is 0. The van der Waals surface area contributed by atoms with E-state index in [-0.39, 0.29) is 18.4 Å². The molecule has 3 amide bonds. The second-order valence-electron chi connectivity index (χ2n) is 7.74. The molecule has 0 aliphatic carbocycles. The van der Waals surface area contributed by atoms with Crippen LogP contribution in [0.3, 0.4) is 0 Å². The summed E-state index contributed by atoms with van der Waals surface area (Å²) in [6.07, 6.45) is 0.808. The van der Waals surface area contributed by atoms with Gasteiger partial charge >= 0.3 is 5.97 Å². The van der Waals surface area contributed by atoms with E-state index in [1.54, 1.807) is 36.4 Å². The van der Waals surface area contributed by atoms with E-state index in [1.165, 1.54) is 20.3 Å². The van der Waals surface area contributed by atoms with Crippen molar-refractivity contribution >= 4 is 23.7 Å². The van der Waals surface area contributed by atoms with Crippen LogP contribution in [0.1, 0.15) is 59.1 Å². The van der Waals surface area contributed by atoms with Gasteiger partial charge in [0.25, 0.3) is 5.91 Å². The molecule has 2 aromatic carbocycles. The molecule has 0 saturated heterocycles. The van der Waals surface area contributed by atoms with E-state index < -0.39 is 35.7 Å². The molecule has 0 aromatic heterocycles. The fourth-order valence-electron chi connectivity index (χ4n) is 4.11. The second kappa shape index (κ2) is 10.2. The van der Waals surface area contributed by atoms with Gasteiger partial charge in [-0.05, 0) is 42.2 Å². The molecular formula is C24H26N2O7. The van der Waals surface area contributed by atoms with Gasteiger partial charge in [0.2, 0.25) is 11.8 Å². The largest absolute Gasteiger partial charge is 0.497 e.